The summed E-state index contributed by atoms with van der Waals surface area (Å²) >= 11 is 13.7. The van der Waals surface area contributed by atoms with Gasteiger partial charge in [0.25, 0.3) is 5.91 Å². The Balaban J connectivity index is 1.63. The second-order valence-corrected chi connectivity index (χ2v) is 9.36. The molecular weight excluding hydrogens is 487 g/mol. The Hall–Kier alpha value is -2.42. The number of methoxy groups -OCH3 is 1. The number of esters is 1. The molecule has 0 bridgehead atoms. The number of halogens is 2. The number of hydrogen-bond acceptors (Lipinski definition) is 6. The monoisotopic (exact) mass is 510 g/mol. The molecule has 1 aliphatic heterocycles. The van der Waals surface area contributed by atoms with Crippen molar-refractivity contribution >= 4 is 52.7 Å². The van der Waals surface area contributed by atoms with E-state index in [2.05, 4.69) is 5.32 Å². The highest BCUT2D eigenvalue weighted by molar-refractivity contribution is 8.00. The second kappa shape index (κ2) is 11.6. The molecule has 33 heavy (non-hydrogen) atoms. The predicted octanol–water partition coefficient (Wildman–Crippen LogP) is 3.69. The highest BCUT2D eigenvalue weighted by Gasteiger charge is 2.35. The number of carbonyl (C=O) groups is 3. The van der Waals surface area contributed by atoms with Gasteiger partial charge in [0.2, 0.25) is 5.91 Å². The maximum Gasteiger partial charge on any atom is 0.328 e. The summed E-state index contributed by atoms with van der Waals surface area (Å²) in [5, 5.41) is 3.13. The highest BCUT2D eigenvalue weighted by Crippen LogP contribution is 2.26. The van der Waals surface area contributed by atoms with Crippen LogP contribution in [0.25, 0.3) is 0 Å². The first kappa shape index (κ1) is 25.2. The molecule has 3 rings (SSSR count). The molecule has 2 amide bonds. The summed E-state index contributed by atoms with van der Waals surface area (Å²) in [5.74, 6) is 0.145. The van der Waals surface area contributed by atoms with E-state index >= 15 is 0 Å². The second-order valence-electron chi connectivity index (χ2n) is 7.36. The molecule has 0 spiro atoms. The van der Waals surface area contributed by atoms with Gasteiger partial charge in [-0.2, -0.15) is 0 Å². The van der Waals surface area contributed by atoms with Crippen LogP contribution in [0.1, 0.15) is 18.1 Å². The van der Waals surface area contributed by atoms with Crippen LogP contribution < -0.4 is 10.1 Å². The van der Waals surface area contributed by atoms with Gasteiger partial charge in [0.1, 0.15) is 18.4 Å². The fourth-order valence-electron chi connectivity index (χ4n) is 3.37. The zero-order valence-electron chi connectivity index (χ0n) is 18.2. The van der Waals surface area contributed by atoms with Crippen molar-refractivity contribution in [1.82, 2.24) is 10.2 Å². The smallest absolute Gasteiger partial charge is 0.328 e. The summed E-state index contributed by atoms with van der Waals surface area (Å²) in [4.78, 5) is 38.3. The van der Waals surface area contributed by atoms with E-state index in [0.29, 0.717) is 33.7 Å². The van der Waals surface area contributed by atoms with Gasteiger partial charge in [0.15, 0.2) is 5.37 Å². The van der Waals surface area contributed by atoms with Gasteiger partial charge in [-0.1, -0.05) is 41.4 Å². The standard InChI is InChI=1S/C23H24Cl2N2O5S/c1-14(28)27-10-11-33-22(27)21(29)26-20(23(30)31-2)12-15-6-8-16(9-7-15)32-13-17-18(24)4-3-5-19(17)25/h3-9,20,22H,10-13H2,1-2H3,(H,26,29)/t20-,22?/m0/s1. The average Bonchev–Trinajstić information content (AvgIpc) is 3.29. The molecule has 0 saturated carbocycles. The third-order valence-electron chi connectivity index (χ3n) is 5.13. The number of hydrogen-bond donors (Lipinski definition) is 1. The SMILES string of the molecule is COC(=O)[C@H](Cc1ccc(OCc2c(Cl)cccc2Cl)cc1)NC(=O)C1SCCN1C(C)=O. The molecule has 1 fully saturated rings. The Morgan fingerprint density at radius 3 is 2.42 bits per heavy atom. The Kier molecular flexibility index (Phi) is 8.88. The number of thioether (sulfide) groups is 1. The maximum absolute atomic E-state index is 12.7. The molecule has 1 N–H and O–H groups in total. The average molecular weight is 511 g/mol. The van der Waals surface area contributed by atoms with Crippen LogP contribution >= 0.6 is 35.0 Å². The minimum atomic E-state index is -0.883. The van der Waals surface area contributed by atoms with E-state index < -0.39 is 17.4 Å². The van der Waals surface area contributed by atoms with Crippen molar-refractivity contribution in [2.24, 2.45) is 0 Å². The molecule has 0 aliphatic carbocycles. The molecule has 176 valence electrons. The summed E-state index contributed by atoms with van der Waals surface area (Å²) in [6, 6.07) is 11.5. The van der Waals surface area contributed by atoms with E-state index in [0.717, 1.165) is 5.56 Å². The van der Waals surface area contributed by atoms with Crippen LogP contribution in [0, 0.1) is 0 Å². The number of amides is 2. The molecule has 7 nitrogen and oxygen atoms in total. The molecular formula is C23H24Cl2N2O5S. The lowest BCUT2D eigenvalue weighted by atomic mass is 10.1. The lowest BCUT2D eigenvalue weighted by Gasteiger charge is -2.24. The molecule has 1 saturated heterocycles. The van der Waals surface area contributed by atoms with Crippen molar-refractivity contribution in [2.45, 2.75) is 31.4 Å². The Bertz CT molecular complexity index is 998. The summed E-state index contributed by atoms with van der Waals surface area (Å²) in [6.07, 6.45) is 0.229. The van der Waals surface area contributed by atoms with Gasteiger partial charge in [-0.05, 0) is 29.8 Å². The maximum atomic E-state index is 12.7. The fraction of sp³-hybridized carbons (Fsp3) is 0.348. The molecule has 1 heterocycles. The predicted molar refractivity (Wildman–Crippen MR) is 129 cm³/mol. The topological polar surface area (TPSA) is 84.9 Å². The van der Waals surface area contributed by atoms with Gasteiger partial charge < -0.3 is 19.7 Å². The van der Waals surface area contributed by atoms with E-state index in [1.165, 1.54) is 30.7 Å². The van der Waals surface area contributed by atoms with Gasteiger partial charge in [-0.25, -0.2) is 4.79 Å². The highest BCUT2D eigenvalue weighted by atomic mass is 35.5. The van der Waals surface area contributed by atoms with Gasteiger partial charge >= 0.3 is 5.97 Å². The van der Waals surface area contributed by atoms with Crippen molar-refractivity contribution in [3.05, 3.63) is 63.6 Å². The number of nitrogens with zero attached hydrogens (tertiary/aromatic N) is 1. The van der Waals surface area contributed by atoms with Gasteiger partial charge in [0.05, 0.1) is 7.11 Å². The minimum absolute atomic E-state index is 0.177. The quantitative estimate of drug-likeness (QED) is 0.545. The number of benzene rings is 2. The summed E-state index contributed by atoms with van der Waals surface area (Å²) in [6.45, 7) is 2.14. The molecule has 1 aliphatic rings. The summed E-state index contributed by atoms with van der Waals surface area (Å²) in [5.41, 5.74) is 1.50. The minimum Gasteiger partial charge on any atom is -0.489 e. The fourth-order valence-corrected chi connectivity index (χ4v) is 5.06. The van der Waals surface area contributed by atoms with Crippen molar-refractivity contribution in [3.63, 3.8) is 0 Å². The first-order chi connectivity index (χ1) is 15.8. The number of rotatable bonds is 8. The summed E-state index contributed by atoms with van der Waals surface area (Å²) in [7, 11) is 1.27. The van der Waals surface area contributed by atoms with Crippen LogP contribution in [0.5, 0.6) is 5.75 Å². The van der Waals surface area contributed by atoms with Crippen LogP contribution in [0.2, 0.25) is 10.0 Å². The van der Waals surface area contributed by atoms with Crippen molar-refractivity contribution in [1.29, 1.82) is 0 Å². The number of ether oxygens (including phenoxy) is 2. The molecule has 0 aromatic heterocycles. The lowest BCUT2D eigenvalue weighted by molar-refractivity contribution is -0.145. The molecule has 2 aromatic rings. The van der Waals surface area contributed by atoms with Crippen LogP contribution in [0.4, 0.5) is 0 Å². The Morgan fingerprint density at radius 2 is 1.82 bits per heavy atom. The van der Waals surface area contributed by atoms with Crippen molar-refractivity contribution in [2.75, 3.05) is 19.4 Å². The van der Waals surface area contributed by atoms with Crippen LogP contribution in [-0.4, -0.2) is 53.5 Å². The van der Waals surface area contributed by atoms with Gasteiger partial charge in [0, 0.05) is 41.3 Å². The van der Waals surface area contributed by atoms with E-state index in [9.17, 15) is 14.4 Å². The zero-order valence-corrected chi connectivity index (χ0v) is 20.5. The van der Waals surface area contributed by atoms with Crippen LogP contribution in [-0.2, 0) is 32.1 Å². The molecule has 10 heteroatoms. The van der Waals surface area contributed by atoms with E-state index in [-0.39, 0.29) is 24.8 Å². The third-order valence-corrected chi connectivity index (χ3v) is 7.04. The molecule has 0 radical (unpaired) electrons. The third kappa shape index (κ3) is 6.56. The lowest BCUT2D eigenvalue weighted by Crippen LogP contribution is -2.50. The first-order valence-electron chi connectivity index (χ1n) is 10.2. The van der Waals surface area contributed by atoms with Crippen LogP contribution in [0.3, 0.4) is 0 Å². The van der Waals surface area contributed by atoms with Crippen molar-refractivity contribution in [3.8, 4) is 5.75 Å². The largest absolute Gasteiger partial charge is 0.489 e. The molecule has 2 aromatic carbocycles. The van der Waals surface area contributed by atoms with Crippen molar-refractivity contribution < 1.29 is 23.9 Å². The van der Waals surface area contributed by atoms with E-state index in [1.807, 2.05) is 0 Å². The Morgan fingerprint density at radius 1 is 1.15 bits per heavy atom. The molecule has 2 atom stereocenters. The molecule has 1 unspecified atom stereocenters. The number of carbonyl (C=O) groups excluding carboxylic acids is 3. The van der Waals surface area contributed by atoms with Gasteiger partial charge in [-0.3, -0.25) is 9.59 Å². The summed E-state index contributed by atoms with van der Waals surface area (Å²) < 4.78 is 10.6. The van der Waals surface area contributed by atoms with Crippen LogP contribution in [0.15, 0.2) is 42.5 Å². The van der Waals surface area contributed by atoms with E-state index in [4.69, 9.17) is 32.7 Å². The number of nitrogens with one attached hydrogen (secondary N) is 1. The first-order valence-corrected chi connectivity index (χ1v) is 12.0. The van der Waals surface area contributed by atoms with Gasteiger partial charge in [-0.15, -0.1) is 11.8 Å². The Labute approximate surface area is 206 Å². The zero-order chi connectivity index (χ0) is 24.0. The normalized spacial score (nSPS) is 16.2. The van der Waals surface area contributed by atoms with E-state index in [1.54, 1.807) is 42.5 Å².